The highest BCUT2D eigenvalue weighted by Crippen LogP contribution is 2.21. The van der Waals surface area contributed by atoms with E-state index in [0.717, 1.165) is 21.7 Å². The van der Waals surface area contributed by atoms with Gasteiger partial charge in [-0.3, -0.25) is 0 Å². The molecule has 0 bridgehead atoms. The van der Waals surface area contributed by atoms with E-state index in [2.05, 4.69) is 5.32 Å². The minimum Gasteiger partial charge on any atom is -0.444 e. The highest BCUT2D eigenvalue weighted by Gasteiger charge is 2.15. The zero-order chi connectivity index (χ0) is 13.9. The van der Waals surface area contributed by atoms with Crippen LogP contribution in [0, 0.1) is 13.8 Å². The Hall–Kier alpha value is -1.22. The molecule has 0 aromatic heterocycles. The van der Waals surface area contributed by atoms with Crippen LogP contribution in [-0.4, -0.2) is 11.7 Å². The van der Waals surface area contributed by atoms with Gasteiger partial charge in [0.2, 0.25) is 0 Å². The molecule has 1 aromatic rings. The van der Waals surface area contributed by atoms with Crippen LogP contribution < -0.4 is 5.32 Å². The molecular weight excluding hydrogens is 250 g/mol. The van der Waals surface area contributed by atoms with E-state index in [1.807, 2.05) is 46.8 Å². The van der Waals surface area contributed by atoms with E-state index in [0.29, 0.717) is 6.54 Å². The molecule has 100 valence electrons. The molecule has 0 fully saturated rings. The fourth-order valence-corrected chi connectivity index (χ4v) is 1.74. The summed E-state index contributed by atoms with van der Waals surface area (Å²) in [6.07, 6.45) is -0.409. The lowest BCUT2D eigenvalue weighted by Gasteiger charge is -2.19. The largest absolute Gasteiger partial charge is 0.444 e. The summed E-state index contributed by atoms with van der Waals surface area (Å²) >= 11 is 6.09. The summed E-state index contributed by atoms with van der Waals surface area (Å²) in [5, 5.41) is 3.50. The molecule has 18 heavy (non-hydrogen) atoms. The van der Waals surface area contributed by atoms with Crippen molar-refractivity contribution in [2.45, 2.75) is 46.8 Å². The van der Waals surface area contributed by atoms with Crippen LogP contribution in [0.1, 0.15) is 37.5 Å². The SMILES string of the molecule is Cc1cc(CNC(=O)OC(C)(C)C)cc(C)c1Cl. The Kier molecular flexibility index (Phi) is 4.63. The summed E-state index contributed by atoms with van der Waals surface area (Å²) in [7, 11) is 0. The maximum absolute atomic E-state index is 11.5. The van der Waals surface area contributed by atoms with E-state index < -0.39 is 11.7 Å². The fraction of sp³-hybridized carbons (Fsp3) is 0.500. The van der Waals surface area contributed by atoms with Gasteiger partial charge in [0.1, 0.15) is 5.60 Å². The molecule has 3 nitrogen and oxygen atoms in total. The van der Waals surface area contributed by atoms with Crippen molar-refractivity contribution in [1.82, 2.24) is 5.32 Å². The number of alkyl carbamates (subject to hydrolysis) is 1. The molecule has 0 radical (unpaired) electrons. The molecule has 0 atom stereocenters. The maximum atomic E-state index is 11.5. The number of hydrogen-bond acceptors (Lipinski definition) is 2. The van der Waals surface area contributed by atoms with Crippen LogP contribution in [0.4, 0.5) is 4.79 Å². The summed E-state index contributed by atoms with van der Waals surface area (Å²) in [5.74, 6) is 0. The van der Waals surface area contributed by atoms with Crippen molar-refractivity contribution >= 4 is 17.7 Å². The van der Waals surface area contributed by atoms with Crippen LogP contribution in [-0.2, 0) is 11.3 Å². The normalized spacial score (nSPS) is 11.2. The number of ether oxygens (including phenoxy) is 1. The highest BCUT2D eigenvalue weighted by molar-refractivity contribution is 6.32. The number of nitrogens with one attached hydrogen (secondary N) is 1. The van der Waals surface area contributed by atoms with E-state index in [9.17, 15) is 4.79 Å². The Morgan fingerprint density at radius 3 is 2.22 bits per heavy atom. The van der Waals surface area contributed by atoms with E-state index in [1.165, 1.54) is 0 Å². The van der Waals surface area contributed by atoms with Crippen LogP contribution >= 0.6 is 11.6 Å². The van der Waals surface area contributed by atoms with E-state index in [4.69, 9.17) is 16.3 Å². The van der Waals surface area contributed by atoms with Gasteiger partial charge in [-0.1, -0.05) is 23.7 Å². The molecule has 0 heterocycles. The number of carbonyl (C=O) groups is 1. The zero-order valence-corrected chi connectivity index (χ0v) is 12.3. The van der Waals surface area contributed by atoms with Gasteiger partial charge in [-0.05, 0) is 51.3 Å². The molecule has 0 aliphatic heterocycles. The molecule has 0 spiro atoms. The van der Waals surface area contributed by atoms with Gasteiger partial charge in [0, 0.05) is 11.6 Å². The summed E-state index contributed by atoms with van der Waals surface area (Å²) < 4.78 is 5.17. The van der Waals surface area contributed by atoms with Crippen LogP contribution in [0.5, 0.6) is 0 Å². The number of rotatable bonds is 2. The predicted octanol–water partition coefficient (Wildman–Crippen LogP) is 3.98. The summed E-state index contributed by atoms with van der Waals surface area (Å²) in [6.45, 7) is 9.85. The first-order valence-electron chi connectivity index (χ1n) is 5.91. The third-order valence-corrected chi connectivity index (χ3v) is 2.93. The first-order chi connectivity index (χ1) is 8.19. The van der Waals surface area contributed by atoms with Crippen LogP contribution in [0.15, 0.2) is 12.1 Å². The molecule has 4 heteroatoms. The molecule has 0 aliphatic carbocycles. The molecule has 1 N–H and O–H groups in total. The number of hydrogen-bond donors (Lipinski definition) is 1. The average molecular weight is 270 g/mol. The van der Waals surface area contributed by atoms with Crippen LogP contribution in [0.3, 0.4) is 0 Å². The summed E-state index contributed by atoms with van der Waals surface area (Å²) in [5.41, 5.74) is 2.56. The minimum atomic E-state index is -0.476. The lowest BCUT2D eigenvalue weighted by Crippen LogP contribution is -2.32. The third kappa shape index (κ3) is 4.57. The summed E-state index contributed by atoms with van der Waals surface area (Å²) in [4.78, 5) is 11.5. The van der Waals surface area contributed by atoms with Gasteiger partial charge in [-0.2, -0.15) is 0 Å². The maximum Gasteiger partial charge on any atom is 0.407 e. The molecule has 1 amide bonds. The van der Waals surface area contributed by atoms with Crippen molar-refractivity contribution in [2.24, 2.45) is 0 Å². The standard InChI is InChI=1S/C14H20ClNO2/c1-9-6-11(7-10(2)12(9)15)8-16-13(17)18-14(3,4)5/h6-7H,8H2,1-5H3,(H,16,17). The van der Waals surface area contributed by atoms with Gasteiger partial charge < -0.3 is 10.1 Å². The predicted molar refractivity (Wildman–Crippen MR) is 74.0 cm³/mol. The van der Waals surface area contributed by atoms with Crippen LogP contribution in [0.2, 0.25) is 5.02 Å². The van der Waals surface area contributed by atoms with E-state index in [-0.39, 0.29) is 0 Å². The molecule has 0 saturated carbocycles. The fourth-order valence-electron chi connectivity index (χ4n) is 1.63. The average Bonchev–Trinajstić information content (AvgIpc) is 2.20. The number of amides is 1. The Morgan fingerprint density at radius 2 is 1.78 bits per heavy atom. The summed E-state index contributed by atoms with van der Waals surface area (Å²) in [6, 6.07) is 3.93. The Labute approximate surface area is 113 Å². The van der Waals surface area contributed by atoms with Crippen LogP contribution in [0.25, 0.3) is 0 Å². The topological polar surface area (TPSA) is 38.3 Å². The van der Waals surface area contributed by atoms with Crippen molar-refractivity contribution in [3.8, 4) is 0 Å². The monoisotopic (exact) mass is 269 g/mol. The number of benzene rings is 1. The van der Waals surface area contributed by atoms with Gasteiger partial charge >= 0.3 is 6.09 Å². The van der Waals surface area contributed by atoms with E-state index in [1.54, 1.807) is 0 Å². The third-order valence-electron chi connectivity index (χ3n) is 2.33. The zero-order valence-electron chi connectivity index (χ0n) is 11.6. The second-order valence-electron chi connectivity index (χ2n) is 5.40. The second kappa shape index (κ2) is 5.61. The molecular formula is C14H20ClNO2. The van der Waals surface area contributed by atoms with Crippen molar-refractivity contribution in [3.05, 3.63) is 33.8 Å². The number of aryl methyl sites for hydroxylation is 2. The lowest BCUT2D eigenvalue weighted by atomic mass is 10.1. The Balaban J connectivity index is 2.62. The quantitative estimate of drug-likeness (QED) is 0.882. The van der Waals surface area contributed by atoms with Crippen molar-refractivity contribution in [3.63, 3.8) is 0 Å². The second-order valence-corrected chi connectivity index (χ2v) is 5.78. The highest BCUT2D eigenvalue weighted by atomic mass is 35.5. The van der Waals surface area contributed by atoms with Gasteiger partial charge in [0.15, 0.2) is 0 Å². The van der Waals surface area contributed by atoms with Gasteiger partial charge in [-0.15, -0.1) is 0 Å². The van der Waals surface area contributed by atoms with Crippen molar-refractivity contribution in [1.29, 1.82) is 0 Å². The van der Waals surface area contributed by atoms with Gasteiger partial charge in [-0.25, -0.2) is 4.79 Å². The van der Waals surface area contributed by atoms with Crippen molar-refractivity contribution < 1.29 is 9.53 Å². The Bertz CT molecular complexity index is 427. The first kappa shape index (κ1) is 14.8. The molecule has 0 unspecified atom stereocenters. The first-order valence-corrected chi connectivity index (χ1v) is 6.29. The van der Waals surface area contributed by atoms with Gasteiger partial charge in [0.25, 0.3) is 0 Å². The van der Waals surface area contributed by atoms with Crippen molar-refractivity contribution in [2.75, 3.05) is 0 Å². The van der Waals surface area contributed by atoms with E-state index >= 15 is 0 Å². The molecule has 0 aliphatic rings. The molecule has 1 rings (SSSR count). The Morgan fingerprint density at radius 1 is 1.28 bits per heavy atom. The smallest absolute Gasteiger partial charge is 0.407 e. The molecule has 0 saturated heterocycles. The number of carbonyl (C=O) groups excluding carboxylic acids is 1. The lowest BCUT2D eigenvalue weighted by molar-refractivity contribution is 0.0523. The van der Waals surface area contributed by atoms with Gasteiger partial charge in [0.05, 0.1) is 0 Å². The number of halogens is 1. The molecule has 1 aromatic carbocycles. The minimum absolute atomic E-state index is 0.409.